The lowest BCUT2D eigenvalue weighted by Crippen LogP contribution is -2.56. The molecule has 0 radical (unpaired) electrons. The molecule has 0 spiro atoms. The second kappa shape index (κ2) is 6.57. The van der Waals surface area contributed by atoms with Crippen molar-refractivity contribution in [1.29, 1.82) is 0 Å². The second-order valence-electron chi connectivity index (χ2n) is 5.72. The van der Waals surface area contributed by atoms with Crippen molar-refractivity contribution in [2.75, 3.05) is 19.6 Å². The van der Waals surface area contributed by atoms with E-state index in [1.807, 2.05) is 6.92 Å². The summed E-state index contributed by atoms with van der Waals surface area (Å²) in [7, 11) is 0. The molecule has 110 valence electrons. The van der Waals surface area contributed by atoms with E-state index >= 15 is 0 Å². The van der Waals surface area contributed by atoms with Crippen LogP contribution in [0.25, 0.3) is 0 Å². The highest BCUT2D eigenvalue weighted by Crippen LogP contribution is 2.38. The predicted molar refractivity (Wildman–Crippen MR) is 76.0 cm³/mol. The number of rotatable bonds is 5. The van der Waals surface area contributed by atoms with Gasteiger partial charge in [-0.15, -0.1) is 12.4 Å². The number of amides is 2. The van der Waals surface area contributed by atoms with Crippen LogP contribution in [0, 0.1) is 5.92 Å². The molecule has 6 heteroatoms. The Morgan fingerprint density at radius 3 is 2.68 bits per heavy atom. The summed E-state index contributed by atoms with van der Waals surface area (Å²) in [6.07, 6.45) is 4.78. The Balaban J connectivity index is 0.00000180. The minimum absolute atomic E-state index is 0. The first-order valence-electron chi connectivity index (χ1n) is 6.84. The van der Waals surface area contributed by atoms with Gasteiger partial charge in [0.25, 0.3) is 0 Å². The first-order chi connectivity index (χ1) is 8.55. The van der Waals surface area contributed by atoms with Crippen molar-refractivity contribution >= 4 is 24.2 Å². The molecular formula is C13H24ClN3O2. The molecule has 1 unspecified atom stereocenters. The van der Waals surface area contributed by atoms with Crippen LogP contribution in [0.4, 0.5) is 0 Å². The van der Waals surface area contributed by atoms with Gasteiger partial charge in [0.2, 0.25) is 11.8 Å². The van der Waals surface area contributed by atoms with Gasteiger partial charge >= 0.3 is 0 Å². The minimum atomic E-state index is -0.296. The van der Waals surface area contributed by atoms with Gasteiger partial charge in [-0.2, -0.15) is 0 Å². The molecule has 1 heterocycles. The molecule has 1 atom stereocenters. The van der Waals surface area contributed by atoms with Crippen LogP contribution in [-0.4, -0.2) is 41.9 Å². The van der Waals surface area contributed by atoms with Crippen LogP contribution in [0.2, 0.25) is 0 Å². The number of nitrogens with two attached hydrogens (primary N) is 1. The zero-order valence-corrected chi connectivity index (χ0v) is 12.3. The molecule has 2 fully saturated rings. The average molecular weight is 290 g/mol. The molecule has 5 nitrogen and oxygen atoms in total. The largest absolute Gasteiger partial charge is 0.348 e. The maximum atomic E-state index is 12.0. The van der Waals surface area contributed by atoms with Gasteiger partial charge < -0.3 is 16.0 Å². The predicted octanol–water partition coefficient (Wildman–Crippen LogP) is 0.664. The van der Waals surface area contributed by atoms with Gasteiger partial charge in [0.15, 0.2) is 0 Å². The highest BCUT2D eigenvalue weighted by Gasteiger charge is 2.41. The van der Waals surface area contributed by atoms with E-state index in [9.17, 15) is 9.59 Å². The monoisotopic (exact) mass is 289 g/mol. The first kappa shape index (κ1) is 16.2. The smallest absolute Gasteiger partial charge is 0.240 e. The van der Waals surface area contributed by atoms with Crippen molar-refractivity contribution in [3.8, 4) is 0 Å². The highest BCUT2D eigenvalue weighted by atomic mass is 35.5. The van der Waals surface area contributed by atoms with E-state index < -0.39 is 0 Å². The second-order valence-corrected chi connectivity index (χ2v) is 5.72. The van der Waals surface area contributed by atoms with Gasteiger partial charge in [-0.05, 0) is 38.5 Å². The Kier molecular flexibility index (Phi) is 5.62. The average Bonchev–Trinajstić information content (AvgIpc) is 3.16. The fourth-order valence-electron chi connectivity index (χ4n) is 2.60. The van der Waals surface area contributed by atoms with Gasteiger partial charge in [-0.1, -0.05) is 0 Å². The third-order valence-electron chi connectivity index (χ3n) is 4.08. The number of carbonyl (C=O) groups excluding carboxylic acids is 2. The van der Waals surface area contributed by atoms with E-state index in [2.05, 4.69) is 5.32 Å². The van der Waals surface area contributed by atoms with Gasteiger partial charge in [-0.25, -0.2) is 0 Å². The topological polar surface area (TPSA) is 75.4 Å². The molecule has 0 aromatic carbocycles. The summed E-state index contributed by atoms with van der Waals surface area (Å²) >= 11 is 0. The van der Waals surface area contributed by atoms with Crippen molar-refractivity contribution in [3.63, 3.8) is 0 Å². The Morgan fingerprint density at radius 1 is 1.47 bits per heavy atom. The molecule has 1 saturated carbocycles. The van der Waals surface area contributed by atoms with Crippen molar-refractivity contribution in [2.24, 2.45) is 11.7 Å². The van der Waals surface area contributed by atoms with Gasteiger partial charge in [0, 0.05) is 19.5 Å². The highest BCUT2D eigenvalue weighted by molar-refractivity contribution is 5.85. The third kappa shape index (κ3) is 4.08. The van der Waals surface area contributed by atoms with Crippen molar-refractivity contribution < 1.29 is 9.59 Å². The van der Waals surface area contributed by atoms with Crippen LogP contribution in [0.3, 0.4) is 0 Å². The molecule has 0 aromatic heterocycles. The summed E-state index contributed by atoms with van der Waals surface area (Å²) in [4.78, 5) is 25.3. The fourth-order valence-corrected chi connectivity index (χ4v) is 2.60. The van der Waals surface area contributed by atoms with Gasteiger partial charge in [0.05, 0.1) is 12.1 Å². The number of hydrogen-bond acceptors (Lipinski definition) is 3. The summed E-state index contributed by atoms with van der Waals surface area (Å²) in [5, 5.41) is 3.02. The Labute approximate surface area is 120 Å². The van der Waals surface area contributed by atoms with E-state index in [0.717, 1.165) is 25.7 Å². The molecule has 19 heavy (non-hydrogen) atoms. The third-order valence-corrected chi connectivity index (χ3v) is 4.08. The van der Waals surface area contributed by atoms with E-state index in [4.69, 9.17) is 5.73 Å². The fraction of sp³-hybridized carbons (Fsp3) is 0.846. The Morgan fingerprint density at radius 2 is 2.16 bits per heavy atom. The van der Waals surface area contributed by atoms with Crippen molar-refractivity contribution in [2.45, 2.75) is 44.6 Å². The Bertz CT molecular complexity index is 347. The molecule has 1 aliphatic carbocycles. The number of nitrogens with one attached hydrogen (secondary N) is 1. The van der Waals surface area contributed by atoms with E-state index in [0.29, 0.717) is 25.4 Å². The van der Waals surface area contributed by atoms with Crippen LogP contribution < -0.4 is 11.1 Å². The molecule has 2 aliphatic rings. The molecule has 2 rings (SSSR count). The summed E-state index contributed by atoms with van der Waals surface area (Å²) in [5.41, 5.74) is 5.47. The summed E-state index contributed by atoms with van der Waals surface area (Å²) in [6.45, 7) is 3.34. The van der Waals surface area contributed by atoms with Crippen LogP contribution in [-0.2, 0) is 9.59 Å². The number of carbonyl (C=O) groups is 2. The number of halogens is 1. The summed E-state index contributed by atoms with van der Waals surface area (Å²) < 4.78 is 0. The maximum absolute atomic E-state index is 12.0. The number of likely N-dealkylation sites (tertiary alicyclic amines) is 1. The SMILES string of the molecule is CC(CN)(NC(=O)CN1CCCCC1=O)C1CC1.Cl. The van der Waals surface area contributed by atoms with Gasteiger partial charge in [0.1, 0.15) is 0 Å². The van der Waals surface area contributed by atoms with E-state index in [1.165, 1.54) is 0 Å². The molecule has 1 aliphatic heterocycles. The molecule has 2 amide bonds. The first-order valence-corrected chi connectivity index (χ1v) is 6.84. The summed E-state index contributed by atoms with van der Waals surface area (Å²) in [5.74, 6) is 0.519. The summed E-state index contributed by atoms with van der Waals surface area (Å²) in [6, 6.07) is 0. The molecule has 1 saturated heterocycles. The molecule has 0 aromatic rings. The lowest BCUT2D eigenvalue weighted by Gasteiger charge is -2.32. The number of hydrogen-bond donors (Lipinski definition) is 2. The maximum Gasteiger partial charge on any atom is 0.240 e. The number of nitrogens with zero attached hydrogens (tertiary/aromatic N) is 1. The molecular weight excluding hydrogens is 266 g/mol. The normalized spacial score (nSPS) is 22.4. The number of piperidine rings is 1. The van der Waals surface area contributed by atoms with Crippen molar-refractivity contribution in [3.05, 3.63) is 0 Å². The minimum Gasteiger partial charge on any atom is -0.348 e. The zero-order valence-electron chi connectivity index (χ0n) is 11.5. The van der Waals surface area contributed by atoms with E-state index in [1.54, 1.807) is 4.90 Å². The van der Waals surface area contributed by atoms with E-state index in [-0.39, 0.29) is 36.3 Å². The van der Waals surface area contributed by atoms with Crippen LogP contribution >= 0.6 is 12.4 Å². The zero-order chi connectivity index (χ0) is 13.2. The van der Waals surface area contributed by atoms with Crippen LogP contribution in [0.5, 0.6) is 0 Å². The Hall–Kier alpha value is -0.810. The van der Waals surface area contributed by atoms with Gasteiger partial charge in [-0.3, -0.25) is 9.59 Å². The molecule has 3 N–H and O–H groups in total. The van der Waals surface area contributed by atoms with Crippen molar-refractivity contribution in [1.82, 2.24) is 10.2 Å². The van der Waals surface area contributed by atoms with Crippen LogP contribution in [0.1, 0.15) is 39.0 Å². The molecule has 0 bridgehead atoms. The quantitative estimate of drug-likeness (QED) is 0.781. The lowest BCUT2D eigenvalue weighted by molar-refractivity contribution is -0.138. The van der Waals surface area contributed by atoms with Crippen LogP contribution in [0.15, 0.2) is 0 Å². The standard InChI is InChI=1S/C13H23N3O2.ClH/c1-13(9-14,10-5-6-10)15-11(17)8-16-7-3-2-4-12(16)18;/h10H,2-9,14H2,1H3,(H,15,17);1H. The lowest BCUT2D eigenvalue weighted by atomic mass is 9.96.